The quantitative estimate of drug-likeness (QED) is 0.619. The molecule has 0 spiro atoms. The van der Waals surface area contributed by atoms with E-state index in [0.717, 1.165) is 0 Å². The van der Waals surface area contributed by atoms with E-state index in [9.17, 15) is 10.2 Å². The summed E-state index contributed by atoms with van der Waals surface area (Å²) in [5.41, 5.74) is -2.49. The van der Waals surface area contributed by atoms with Crippen molar-refractivity contribution in [2.24, 2.45) is 0 Å². The van der Waals surface area contributed by atoms with Crippen LogP contribution in [-0.4, -0.2) is 48.8 Å². The van der Waals surface area contributed by atoms with Gasteiger partial charge in [0, 0.05) is 14.2 Å². The molecule has 4 heteroatoms. The van der Waals surface area contributed by atoms with Crippen molar-refractivity contribution >= 4 is 0 Å². The maximum absolute atomic E-state index is 9.60. The predicted molar refractivity (Wildman–Crippen MR) is 52.8 cm³/mol. The lowest BCUT2D eigenvalue weighted by Gasteiger charge is -2.18. The highest BCUT2D eigenvalue weighted by Crippen LogP contribution is 2.05. The standard InChI is InChI=1S/C10H18O4/c1-9(11,7-13-3)5-6-10(2,12)8-14-4/h11-12H,7-8H2,1-4H3. The van der Waals surface area contributed by atoms with Crippen LogP contribution in [0.3, 0.4) is 0 Å². The van der Waals surface area contributed by atoms with E-state index in [0.29, 0.717) is 0 Å². The molecule has 0 rings (SSSR count). The van der Waals surface area contributed by atoms with Gasteiger partial charge in [0.05, 0.1) is 13.2 Å². The Hall–Kier alpha value is -0.600. The van der Waals surface area contributed by atoms with Gasteiger partial charge in [-0.3, -0.25) is 0 Å². The lowest BCUT2D eigenvalue weighted by molar-refractivity contribution is 0.0191. The summed E-state index contributed by atoms with van der Waals surface area (Å²) in [6.45, 7) is 3.24. The Kier molecular flexibility index (Phi) is 5.09. The van der Waals surface area contributed by atoms with Gasteiger partial charge in [0.1, 0.15) is 11.2 Å². The fraction of sp³-hybridized carbons (Fsp3) is 0.800. The molecule has 0 radical (unpaired) electrons. The minimum Gasteiger partial charge on any atom is -0.381 e. The molecule has 0 bridgehead atoms. The molecule has 0 aliphatic rings. The number of rotatable bonds is 4. The van der Waals surface area contributed by atoms with Crippen molar-refractivity contribution in [2.75, 3.05) is 27.4 Å². The van der Waals surface area contributed by atoms with Crippen molar-refractivity contribution in [1.29, 1.82) is 0 Å². The number of hydrogen-bond acceptors (Lipinski definition) is 4. The highest BCUT2D eigenvalue weighted by Gasteiger charge is 2.20. The summed E-state index contributed by atoms with van der Waals surface area (Å²) in [4.78, 5) is 0. The van der Waals surface area contributed by atoms with Gasteiger partial charge < -0.3 is 19.7 Å². The summed E-state index contributed by atoms with van der Waals surface area (Å²) < 4.78 is 9.53. The molecule has 0 heterocycles. The predicted octanol–water partition coefficient (Wildman–Crippen LogP) is -0.215. The van der Waals surface area contributed by atoms with Gasteiger partial charge in [0.25, 0.3) is 0 Å². The Morgan fingerprint density at radius 1 is 0.929 bits per heavy atom. The van der Waals surface area contributed by atoms with Crippen LogP contribution in [0.2, 0.25) is 0 Å². The second-order valence-electron chi connectivity index (χ2n) is 3.66. The Labute approximate surface area is 84.8 Å². The first kappa shape index (κ1) is 13.4. The minimum absolute atomic E-state index is 0.100. The fourth-order valence-electron chi connectivity index (χ4n) is 0.904. The van der Waals surface area contributed by atoms with Gasteiger partial charge in [0.15, 0.2) is 0 Å². The Morgan fingerprint density at radius 3 is 1.43 bits per heavy atom. The van der Waals surface area contributed by atoms with E-state index >= 15 is 0 Å². The van der Waals surface area contributed by atoms with Crippen molar-refractivity contribution in [2.45, 2.75) is 25.0 Å². The molecular formula is C10H18O4. The smallest absolute Gasteiger partial charge is 0.145 e. The SMILES string of the molecule is COCC(C)(O)C#CC(C)(O)COC. The maximum Gasteiger partial charge on any atom is 0.145 e. The second-order valence-corrected chi connectivity index (χ2v) is 3.66. The highest BCUT2D eigenvalue weighted by molar-refractivity contribution is 5.19. The third-order valence-corrected chi connectivity index (χ3v) is 1.45. The van der Waals surface area contributed by atoms with Crippen molar-refractivity contribution in [3.05, 3.63) is 0 Å². The summed E-state index contributed by atoms with van der Waals surface area (Å²) in [5, 5.41) is 19.2. The molecule has 4 nitrogen and oxygen atoms in total. The molecule has 0 amide bonds. The normalized spacial score (nSPS) is 19.0. The van der Waals surface area contributed by atoms with E-state index in [4.69, 9.17) is 9.47 Å². The third kappa shape index (κ3) is 5.95. The third-order valence-electron chi connectivity index (χ3n) is 1.45. The average Bonchev–Trinajstić information content (AvgIpc) is 2.01. The van der Waals surface area contributed by atoms with E-state index in [2.05, 4.69) is 11.8 Å². The van der Waals surface area contributed by atoms with Crippen molar-refractivity contribution in [3.63, 3.8) is 0 Å². The number of hydrogen-bond donors (Lipinski definition) is 2. The Morgan fingerprint density at radius 2 is 1.21 bits per heavy atom. The molecule has 82 valence electrons. The van der Waals surface area contributed by atoms with Crippen LogP contribution in [0.25, 0.3) is 0 Å². The first-order chi connectivity index (χ1) is 6.33. The van der Waals surface area contributed by atoms with E-state index in [-0.39, 0.29) is 13.2 Å². The number of ether oxygens (including phenoxy) is 2. The minimum atomic E-state index is -1.24. The van der Waals surface area contributed by atoms with Crippen LogP contribution >= 0.6 is 0 Å². The molecule has 0 fully saturated rings. The zero-order chi connectivity index (χ0) is 11.2. The largest absolute Gasteiger partial charge is 0.381 e. The van der Waals surface area contributed by atoms with E-state index in [1.165, 1.54) is 28.1 Å². The first-order valence-corrected chi connectivity index (χ1v) is 4.30. The van der Waals surface area contributed by atoms with E-state index in [1.54, 1.807) is 0 Å². The van der Waals surface area contributed by atoms with Crippen molar-refractivity contribution < 1.29 is 19.7 Å². The van der Waals surface area contributed by atoms with Gasteiger partial charge in [-0.2, -0.15) is 0 Å². The monoisotopic (exact) mass is 202 g/mol. The van der Waals surface area contributed by atoms with Crippen LogP contribution in [0.1, 0.15) is 13.8 Å². The lowest BCUT2D eigenvalue weighted by atomic mass is 10.0. The van der Waals surface area contributed by atoms with Crippen LogP contribution in [0.4, 0.5) is 0 Å². The Bertz CT molecular complexity index is 200. The van der Waals surface area contributed by atoms with Crippen LogP contribution < -0.4 is 0 Å². The van der Waals surface area contributed by atoms with Gasteiger partial charge in [0.2, 0.25) is 0 Å². The van der Waals surface area contributed by atoms with Crippen LogP contribution in [0, 0.1) is 11.8 Å². The summed E-state index contributed by atoms with van der Waals surface area (Å²) in [6, 6.07) is 0. The fourth-order valence-corrected chi connectivity index (χ4v) is 0.904. The van der Waals surface area contributed by atoms with Crippen LogP contribution in [-0.2, 0) is 9.47 Å². The molecule has 14 heavy (non-hydrogen) atoms. The molecular weight excluding hydrogens is 184 g/mol. The summed E-state index contributed by atoms with van der Waals surface area (Å²) in [6.07, 6.45) is 0. The summed E-state index contributed by atoms with van der Waals surface area (Å²) in [5.74, 6) is 5.07. The highest BCUT2D eigenvalue weighted by atomic mass is 16.5. The molecule has 2 unspecified atom stereocenters. The molecule has 0 saturated carbocycles. The number of aliphatic hydroxyl groups is 2. The van der Waals surface area contributed by atoms with Gasteiger partial charge >= 0.3 is 0 Å². The number of methoxy groups -OCH3 is 2. The van der Waals surface area contributed by atoms with Gasteiger partial charge in [-0.15, -0.1) is 0 Å². The zero-order valence-electron chi connectivity index (χ0n) is 9.13. The lowest BCUT2D eigenvalue weighted by Crippen LogP contribution is -2.32. The van der Waals surface area contributed by atoms with Crippen LogP contribution in [0.15, 0.2) is 0 Å². The molecule has 2 atom stereocenters. The average molecular weight is 202 g/mol. The molecule has 0 aromatic rings. The first-order valence-electron chi connectivity index (χ1n) is 4.30. The van der Waals surface area contributed by atoms with Crippen LogP contribution in [0.5, 0.6) is 0 Å². The molecule has 0 aliphatic carbocycles. The Balaban J connectivity index is 4.39. The molecule has 0 aromatic carbocycles. The summed E-state index contributed by atoms with van der Waals surface area (Å²) in [7, 11) is 2.95. The maximum atomic E-state index is 9.60. The van der Waals surface area contributed by atoms with E-state index in [1.807, 2.05) is 0 Å². The van der Waals surface area contributed by atoms with Gasteiger partial charge in [-0.1, -0.05) is 11.8 Å². The molecule has 0 aliphatic heterocycles. The second kappa shape index (κ2) is 5.32. The summed E-state index contributed by atoms with van der Waals surface area (Å²) >= 11 is 0. The van der Waals surface area contributed by atoms with Gasteiger partial charge in [-0.25, -0.2) is 0 Å². The van der Waals surface area contributed by atoms with Crippen molar-refractivity contribution in [3.8, 4) is 11.8 Å². The molecule has 2 N–H and O–H groups in total. The molecule has 0 aromatic heterocycles. The molecule has 0 saturated heterocycles. The zero-order valence-corrected chi connectivity index (χ0v) is 9.13. The topological polar surface area (TPSA) is 58.9 Å². The van der Waals surface area contributed by atoms with E-state index < -0.39 is 11.2 Å². The van der Waals surface area contributed by atoms with Gasteiger partial charge in [-0.05, 0) is 13.8 Å². The van der Waals surface area contributed by atoms with Crippen molar-refractivity contribution in [1.82, 2.24) is 0 Å².